The third-order valence-electron chi connectivity index (χ3n) is 2.85. The summed E-state index contributed by atoms with van der Waals surface area (Å²) >= 11 is 11.7. The van der Waals surface area contributed by atoms with E-state index in [1.165, 1.54) is 13.2 Å². The van der Waals surface area contributed by atoms with Gasteiger partial charge >= 0.3 is 5.97 Å². The second-order valence-electron chi connectivity index (χ2n) is 4.48. The van der Waals surface area contributed by atoms with Crippen LogP contribution in [0.2, 0.25) is 10.0 Å². The van der Waals surface area contributed by atoms with Gasteiger partial charge in [0.2, 0.25) is 0 Å². The highest BCUT2D eigenvalue weighted by Crippen LogP contribution is 2.26. The smallest absolute Gasteiger partial charge is 0.337 e. The van der Waals surface area contributed by atoms with Gasteiger partial charge < -0.3 is 14.8 Å². The second kappa shape index (κ2) is 7.85. The first-order chi connectivity index (χ1) is 11.0. The van der Waals surface area contributed by atoms with E-state index < -0.39 is 5.97 Å². The largest absolute Gasteiger partial charge is 0.484 e. The second-order valence-corrected chi connectivity index (χ2v) is 5.30. The molecule has 1 N–H and O–H groups in total. The van der Waals surface area contributed by atoms with Gasteiger partial charge in [-0.15, -0.1) is 0 Å². The van der Waals surface area contributed by atoms with Crippen molar-refractivity contribution in [2.45, 2.75) is 0 Å². The van der Waals surface area contributed by atoms with Gasteiger partial charge in [-0.2, -0.15) is 0 Å². The average molecular weight is 354 g/mol. The van der Waals surface area contributed by atoms with E-state index in [0.29, 0.717) is 27.0 Å². The molecule has 120 valence electrons. The van der Waals surface area contributed by atoms with Gasteiger partial charge in [0.25, 0.3) is 5.91 Å². The maximum atomic E-state index is 11.8. The SMILES string of the molecule is COC(=O)c1ccc(NC(=O)COc2ccc(Cl)c(Cl)c2)cc1. The van der Waals surface area contributed by atoms with E-state index in [2.05, 4.69) is 10.1 Å². The van der Waals surface area contributed by atoms with E-state index in [9.17, 15) is 9.59 Å². The van der Waals surface area contributed by atoms with Gasteiger partial charge in [0.1, 0.15) is 5.75 Å². The molecule has 0 aliphatic rings. The number of rotatable bonds is 5. The van der Waals surface area contributed by atoms with Gasteiger partial charge in [0, 0.05) is 11.8 Å². The predicted molar refractivity (Wildman–Crippen MR) is 88.4 cm³/mol. The van der Waals surface area contributed by atoms with Crippen molar-refractivity contribution in [3.8, 4) is 5.75 Å². The number of anilines is 1. The number of carbonyl (C=O) groups excluding carboxylic acids is 2. The standard InChI is InChI=1S/C16H13Cl2NO4/c1-22-16(21)10-2-4-11(5-3-10)19-15(20)9-23-12-6-7-13(17)14(18)8-12/h2-8H,9H2,1H3,(H,19,20). The molecule has 0 aliphatic carbocycles. The Kier molecular flexibility index (Phi) is 5.84. The first-order valence-electron chi connectivity index (χ1n) is 6.55. The summed E-state index contributed by atoms with van der Waals surface area (Å²) < 4.78 is 9.92. The molecule has 0 aliphatic heterocycles. The number of ether oxygens (including phenoxy) is 2. The average Bonchev–Trinajstić information content (AvgIpc) is 2.56. The summed E-state index contributed by atoms with van der Waals surface area (Å²) in [7, 11) is 1.30. The molecular formula is C16H13Cl2NO4. The predicted octanol–water partition coefficient (Wildman–Crippen LogP) is 3.80. The number of nitrogens with one attached hydrogen (secondary N) is 1. The fourth-order valence-corrected chi connectivity index (χ4v) is 2.01. The van der Waals surface area contributed by atoms with Crippen molar-refractivity contribution >= 4 is 40.8 Å². The highest BCUT2D eigenvalue weighted by atomic mass is 35.5. The van der Waals surface area contributed by atoms with Gasteiger partial charge in [-0.25, -0.2) is 4.79 Å². The fourth-order valence-electron chi connectivity index (χ4n) is 1.72. The first-order valence-corrected chi connectivity index (χ1v) is 7.31. The molecule has 0 atom stereocenters. The molecule has 1 amide bonds. The topological polar surface area (TPSA) is 64.6 Å². The Morgan fingerprint density at radius 1 is 1.04 bits per heavy atom. The van der Waals surface area contributed by atoms with Crippen molar-refractivity contribution in [3.63, 3.8) is 0 Å². The van der Waals surface area contributed by atoms with E-state index in [0.717, 1.165) is 0 Å². The molecule has 0 aromatic heterocycles. The number of methoxy groups -OCH3 is 1. The highest BCUT2D eigenvalue weighted by Gasteiger charge is 2.07. The molecule has 23 heavy (non-hydrogen) atoms. The Morgan fingerprint density at radius 2 is 1.74 bits per heavy atom. The van der Waals surface area contributed by atoms with Gasteiger partial charge in [-0.3, -0.25) is 4.79 Å². The van der Waals surface area contributed by atoms with E-state index in [1.807, 2.05) is 0 Å². The Bertz CT molecular complexity index is 717. The van der Waals surface area contributed by atoms with Crippen LogP contribution in [0.5, 0.6) is 5.75 Å². The Balaban J connectivity index is 1.89. The fraction of sp³-hybridized carbons (Fsp3) is 0.125. The van der Waals surface area contributed by atoms with Crippen LogP contribution in [0.15, 0.2) is 42.5 Å². The van der Waals surface area contributed by atoms with Crippen molar-refractivity contribution in [2.75, 3.05) is 19.0 Å². The monoisotopic (exact) mass is 353 g/mol. The quantitative estimate of drug-likeness (QED) is 0.830. The van der Waals surface area contributed by atoms with Gasteiger partial charge in [0.05, 0.1) is 22.7 Å². The Morgan fingerprint density at radius 3 is 2.35 bits per heavy atom. The lowest BCUT2D eigenvalue weighted by molar-refractivity contribution is -0.118. The molecule has 0 bridgehead atoms. The molecule has 0 fully saturated rings. The zero-order chi connectivity index (χ0) is 16.8. The van der Waals surface area contributed by atoms with E-state index >= 15 is 0 Å². The van der Waals surface area contributed by atoms with Crippen LogP contribution >= 0.6 is 23.2 Å². The molecule has 0 spiro atoms. The molecule has 0 saturated carbocycles. The number of amides is 1. The molecule has 2 rings (SSSR count). The lowest BCUT2D eigenvalue weighted by atomic mass is 10.2. The summed E-state index contributed by atoms with van der Waals surface area (Å²) in [4.78, 5) is 23.1. The summed E-state index contributed by atoms with van der Waals surface area (Å²) in [5.41, 5.74) is 0.943. The van der Waals surface area contributed by atoms with E-state index in [-0.39, 0.29) is 12.5 Å². The Labute approximate surface area is 143 Å². The number of esters is 1. The molecule has 0 saturated heterocycles. The van der Waals surface area contributed by atoms with Crippen LogP contribution in [0.1, 0.15) is 10.4 Å². The summed E-state index contributed by atoms with van der Waals surface area (Å²) in [5, 5.41) is 3.41. The Hall–Kier alpha value is -2.24. The molecule has 7 heteroatoms. The maximum Gasteiger partial charge on any atom is 0.337 e. The van der Waals surface area contributed by atoms with E-state index in [1.54, 1.807) is 36.4 Å². The van der Waals surface area contributed by atoms with Crippen LogP contribution in [0.4, 0.5) is 5.69 Å². The van der Waals surface area contributed by atoms with Crippen molar-refractivity contribution in [1.82, 2.24) is 0 Å². The van der Waals surface area contributed by atoms with E-state index in [4.69, 9.17) is 27.9 Å². The van der Waals surface area contributed by atoms with Crippen molar-refractivity contribution in [3.05, 3.63) is 58.1 Å². The van der Waals surface area contributed by atoms with Crippen molar-refractivity contribution in [1.29, 1.82) is 0 Å². The molecule has 2 aromatic carbocycles. The number of halogens is 2. The number of hydrogen-bond acceptors (Lipinski definition) is 4. The summed E-state index contributed by atoms with van der Waals surface area (Å²) in [5.74, 6) is -0.344. The maximum absolute atomic E-state index is 11.8. The van der Waals surface area contributed by atoms with Crippen LogP contribution in [-0.4, -0.2) is 25.6 Å². The van der Waals surface area contributed by atoms with Crippen LogP contribution in [-0.2, 0) is 9.53 Å². The molecular weight excluding hydrogens is 341 g/mol. The minimum atomic E-state index is -0.439. The van der Waals surface area contributed by atoms with Crippen molar-refractivity contribution < 1.29 is 19.1 Å². The summed E-state index contributed by atoms with van der Waals surface area (Å²) in [6.45, 7) is -0.184. The van der Waals surface area contributed by atoms with Crippen molar-refractivity contribution in [2.24, 2.45) is 0 Å². The summed E-state index contributed by atoms with van der Waals surface area (Å²) in [6, 6.07) is 11.0. The number of benzene rings is 2. The summed E-state index contributed by atoms with van der Waals surface area (Å²) in [6.07, 6.45) is 0. The third kappa shape index (κ3) is 4.87. The minimum Gasteiger partial charge on any atom is -0.484 e. The van der Waals surface area contributed by atoms with Crippen LogP contribution in [0.25, 0.3) is 0 Å². The van der Waals surface area contributed by atoms with Crippen LogP contribution in [0, 0.1) is 0 Å². The van der Waals surface area contributed by atoms with Gasteiger partial charge in [0.15, 0.2) is 6.61 Å². The minimum absolute atomic E-state index is 0.184. The zero-order valence-electron chi connectivity index (χ0n) is 12.1. The lowest BCUT2D eigenvalue weighted by Gasteiger charge is -2.08. The normalized spacial score (nSPS) is 10.0. The van der Waals surface area contributed by atoms with Gasteiger partial charge in [-0.05, 0) is 36.4 Å². The van der Waals surface area contributed by atoms with Gasteiger partial charge in [-0.1, -0.05) is 23.2 Å². The molecule has 0 radical (unpaired) electrons. The molecule has 2 aromatic rings. The molecule has 5 nitrogen and oxygen atoms in total. The molecule has 0 heterocycles. The number of carbonyl (C=O) groups is 2. The zero-order valence-corrected chi connectivity index (χ0v) is 13.6. The lowest BCUT2D eigenvalue weighted by Crippen LogP contribution is -2.20. The highest BCUT2D eigenvalue weighted by molar-refractivity contribution is 6.42. The third-order valence-corrected chi connectivity index (χ3v) is 3.59. The molecule has 0 unspecified atom stereocenters. The first kappa shape index (κ1) is 17.1. The van der Waals surface area contributed by atoms with Crippen LogP contribution in [0.3, 0.4) is 0 Å². The van der Waals surface area contributed by atoms with Crippen LogP contribution < -0.4 is 10.1 Å². The number of hydrogen-bond donors (Lipinski definition) is 1.